The maximum atomic E-state index is 13.7. The van der Waals surface area contributed by atoms with E-state index in [0.29, 0.717) is 16.8 Å². The minimum atomic E-state index is -0.305. The molecule has 34 heavy (non-hydrogen) atoms. The van der Waals surface area contributed by atoms with Crippen LogP contribution in [0.3, 0.4) is 0 Å². The van der Waals surface area contributed by atoms with Crippen LogP contribution in [0.5, 0.6) is 0 Å². The second-order valence-corrected chi connectivity index (χ2v) is 9.17. The molecule has 0 saturated heterocycles. The Labute approximate surface area is 208 Å². The van der Waals surface area contributed by atoms with Gasteiger partial charge in [0.25, 0.3) is 5.91 Å². The first-order chi connectivity index (χ1) is 16.2. The van der Waals surface area contributed by atoms with Gasteiger partial charge in [-0.1, -0.05) is 51.7 Å². The summed E-state index contributed by atoms with van der Waals surface area (Å²) in [6.07, 6.45) is 8.97. The van der Waals surface area contributed by atoms with Crippen molar-refractivity contribution < 1.29 is 9.18 Å². The lowest BCUT2D eigenvalue weighted by Gasteiger charge is -2.24. The molecular weight excluding hydrogens is 421 g/mol. The summed E-state index contributed by atoms with van der Waals surface area (Å²) >= 11 is 0. The molecule has 0 unspecified atom stereocenters. The number of fused-ring (bicyclic) bond motifs is 1. The van der Waals surface area contributed by atoms with Gasteiger partial charge >= 0.3 is 0 Å². The molecule has 0 saturated carbocycles. The monoisotopic (exact) mass is 467 g/mol. The van der Waals surface area contributed by atoms with Crippen LogP contribution in [0.4, 0.5) is 10.1 Å². The third-order valence-electron chi connectivity index (χ3n) is 6.46. The Balaban J connectivity index is 0.000000553. The van der Waals surface area contributed by atoms with Crippen LogP contribution in [0.15, 0.2) is 58.2 Å². The van der Waals surface area contributed by atoms with E-state index in [1.54, 1.807) is 6.07 Å². The van der Waals surface area contributed by atoms with Gasteiger partial charge < -0.3 is 5.32 Å². The zero-order valence-electron chi connectivity index (χ0n) is 22.9. The van der Waals surface area contributed by atoms with Crippen molar-refractivity contribution >= 4 is 17.2 Å². The van der Waals surface area contributed by atoms with Gasteiger partial charge in [-0.15, -0.1) is 6.58 Å². The summed E-state index contributed by atoms with van der Waals surface area (Å²) in [7, 11) is 0. The maximum Gasteiger partial charge on any atom is 0.256 e. The molecular formula is C31H46FNO. The molecule has 0 radical (unpaired) electrons. The lowest BCUT2D eigenvalue weighted by atomic mass is 9.80. The first kappa shape index (κ1) is 29.6. The summed E-state index contributed by atoms with van der Waals surface area (Å²) in [6, 6.07) is 4.51. The molecule has 3 rings (SSSR count). The van der Waals surface area contributed by atoms with E-state index >= 15 is 0 Å². The molecule has 1 heterocycles. The number of amides is 1. The molecule has 1 aromatic rings. The van der Waals surface area contributed by atoms with Crippen LogP contribution in [-0.2, 0) is 4.79 Å². The van der Waals surface area contributed by atoms with Crippen LogP contribution < -0.4 is 5.32 Å². The molecule has 1 N–H and O–H groups in total. The summed E-state index contributed by atoms with van der Waals surface area (Å²) in [5.41, 5.74) is 9.79. The van der Waals surface area contributed by atoms with Gasteiger partial charge in [0.1, 0.15) is 5.82 Å². The van der Waals surface area contributed by atoms with E-state index < -0.39 is 0 Å². The van der Waals surface area contributed by atoms with Gasteiger partial charge in [0.15, 0.2) is 0 Å². The molecule has 1 aromatic carbocycles. The van der Waals surface area contributed by atoms with Crippen LogP contribution in [0.25, 0.3) is 5.57 Å². The van der Waals surface area contributed by atoms with Gasteiger partial charge in [-0.05, 0) is 107 Å². The smallest absolute Gasteiger partial charge is 0.256 e. The topological polar surface area (TPSA) is 29.1 Å². The summed E-state index contributed by atoms with van der Waals surface area (Å²) < 4.78 is 13.7. The average molecular weight is 468 g/mol. The summed E-state index contributed by atoms with van der Waals surface area (Å²) in [6.45, 7) is 20.8. The van der Waals surface area contributed by atoms with Gasteiger partial charge in [0.05, 0.1) is 5.57 Å². The average Bonchev–Trinajstić information content (AvgIpc) is 3.14. The van der Waals surface area contributed by atoms with E-state index in [0.717, 1.165) is 37.7 Å². The lowest BCUT2D eigenvalue weighted by Crippen LogP contribution is -2.10. The fourth-order valence-electron chi connectivity index (χ4n) is 4.52. The number of benzene rings is 1. The van der Waals surface area contributed by atoms with Gasteiger partial charge in [-0.2, -0.15) is 0 Å². The Bertz CT molecular complexity index is 962. The first-order valence-electron chi connectivity index (χ1n) is 13.1. The molecule has 2 aliphatic rings. The van der Waals surface area contributed by atoms with Gasteiger partial charge in [-0.3, -0.25) is 4.79 Å². The third-order valence-corrected chi connectivity index (χ3v) is 6.46. The van der Waals surface area contributed by atoms with Crippen LogP contribution >= 0.6 is 0 Å². The number of anilines is 1. The van der Waals surface area contributed by atoms with Crippen molar-refractivity contribution in [3.05, 3.63) is 69.6 Å². The number of allylic oxidation sites excluding steroid dienone is 6. The zero-order chi connectivity index (χ0) is 25.8. The standard InChI is InChI=1S/C22H26FNO.C7H14.C2H6/c1-5-7-13(2)14(3)17-8-6-9-18(15(17)4)21-19-12-16(23)10-11-20(19)24-22(21)25;1-4-5-6-7(2)3;1-2/h10-12H,5-9H2,1-4H3,(H,24,25);2,4-6H2,1,3H3;1-2H3/b14-13-,21-18-;;. The normalized spacial score (nSPS) is 17.6. The number of rotatable bonds is 6. The van der Waals surface area contributed by atoms with E-state index in [2.05, 4.69) is 53.4 Å². The van der Waals surface area contributed by atoms with Crippen molar-refractivity contribution in [3.63, 3.8) is 0 Å². The summed E-state index contributed by atoms with van der Waals surface area (Å²) in [5.74, 6) is -0.413. The second kappa shape index (κ2) is 14.8. The Kier molecular flexibility index (Phi) is 12.9. The predicted octanol–water partition coefficient (Wildman–Crippen LogP) is 9.95. The van der Waals surface area contributed by atoms with Crippen molar-refractivity contribution in [1.82, 2.24) is 0 Å². The minimum Gasteiger partial charge on any atom is -0.321 e. The highest BCUT2D eigenvalue weighted by Crippen LogP contribution is 2.42. The zero-order valence-corrected chi connectivity index (χ0v) is 22.9. The molecule has 188 valence electrons. The largest absolute Gasteiger partial charge is 0.321 e. The van der Waals surface area contributed by atoms with E-state index in [4.69, 9.17) is 0 Å². The fraction of sp³-hybridized carbons (Fsp3) is 0.516. The quantitative estimate of drug-likeness (QED) is 0.327. The van der Waals surface area contributed by atoms with Gasteiger partial charge in [0, 0.05) is 11.3 Å². The number of carbonyl (C=O) groups is 1. The molecule has 1 aliphatic carbocycles. The Morgan fingerprint density at radius 1 is 1.06 bits per heavy atom. The van der Waals surface area contributed by atoms with Crippen LogP contribution in [0.1, 0.15) is 112 Å². The number of unbranched alkanes of at least 4 members (excludes halogenated alkanes) is 1. The SMILES string of the molecule is C=C(C)CCCC.CC.CCC/C(C)=C(/C)C1=C(C)/C(=C2\C(=O)Nc3ccc(F)cc32)CCC1. The van der Waals surface area contributed by atoms with Crippen molar-refractivity contribution in [2.75, 3.05) is 5.32 Å². The van der Waals surface area contributed by atoms with E-state index in [1.807, 2.05) is 13.8 Å². The molecule has 0 aromatic heterocycles. The maximum absolute atomic E-state index is 13.7. The minimum absolute atomic E-state index is 0.108. The highest BCUT2D eigenvalue weighted by atomic mass is 19.1. The number of nitrogens with one attached hydrogen (secondary N) is 1. The predicted molar refractivity (Wildman–Crippen MR) is 147 cm³/mol. The number of halogens is 1. The molecule has 0 atom stereocenters. The number of carbonyl (C=O) groups excluding carboxylic acids is 1. The highest BCUT2D eigenvalue weighted by molar-refractivity contribution is 6.32. The lowest BCUT2D eigenvalue weighted by molar-refractivity contribution is -0.110. The third kappa shape index (κ3) is 7.82. The Hall–Kier alpha value is -2.42. The van der Waals surface area contributed by atoms with Crippen molar-refractivity contribution in [2.24, 2.45) is 0 Å². The number of hydrogen-bond acceptors (Lipinski definition) is 1. The van der Waals surface area contributed by atoms with E-state index in [9.17, 15) is 9.18 Å². The fourth-order valence-corrected chi connectivity index (χ4v) is 4.52. The molecule has 1 aliphatic heterocycles. The molecule has 0 spiro atoms. The van der Waals surface area contributed by atoms with Gasteiger partial charge in [0.2, 0.25) is 0 Å². The second-order valence-electron chi connectivity index (χ2n) is 9.17. The van der Waals surface area contributed by atoms with Crippen LogP contribution in [-0.4, -0.2) is 5.91 Å². The Morgan fingerprint density at radius 2 is 1.74 bits per heavy atom. The van der Waals surface area contributed by atoms with Crippen LogP contribution in [0.2, 0.25) is 0 Å². The molecule has 0 fully saturated rings. The van der Waals surface area contributed by atoms with E-state index in [-0.39, 0.29) is 11.7 Å². The van der Waals surface area contributed by atoms with Crippen molar-refractivity contribution in [3.8, 4) is 0 Å². The molecule has 2 nitrogen and oxygen atoms in total. The summed E-state index contributed by atoms with van der Waals surface area (Å²) in [5, 5.41) is 2.88. The molecule has 3 heteroatoms. The number of hydrogen-bond donors (Lipinski definition) is 1. The highest BCUT2D eigenvalue weighted by Gasteiger charge is 2.30. The Morgan fingerprint density at radius 3 is 2.29 bits per heavy atom. The van der Waals surface area contributed by atoms with Crippen LogP contribution in [0, 0.1) is 5.82 Å². The van der Waals surface area contributed by atoms with E-state index in [1.165, 1.54) is 59.3 Å². The summed E-state index contributed by atoms with van der Waals surface area (Å²) in [4.78, 5) is 12.6. The van der Waals surface area contributed by atoms with Crippen molar-refractivity contribution in [2.45, 2.75) is 107 Å². The van der Waals surface area contributed by atoms with Gasteiger partial charge in [-0.25, -0.2) is 4.39 Å². The van der Waals surface area contributed by atoms with Crippen molar-refractivity contribution in [1.29, 1.82) is 0 Å². The molecule has 0 bridgehead atoms. The molecule has 1 amide bonds. The first-order valence-corrected chi connectivity index (χ1v) is 13.1.